The molecule has 2 aromatic carbocycles. The Morgan fingerprint density at radius 2 is 1.60 bits per heavy atom. The van der Waals surface area contributed by atoms with Crippen molar-refractivity contribution >= 4 is 5.97 Å². The highest BCUT2D eigenvalue weighted by Gasteiger charge is 2.15. The van der Waals surface area contributed by atoms with Crippen LogP contribution in [0.5, 0.6) is 5.75 Å². The number of hydrogen-bond donors (Lipinski definition) is 1. The van der Waals surface area contributed by atoms with Crippen molar-refractivity contribution in [3.05, 3.63) is 52.6 Å². The second kappa shape index (κ2) is 7.73. The fraction of sp³-hybridized carbons (Fsp3) is 0.409. The van der Waals surface area contributed by atoms with E-state index in [4.69, 9.17) is 4.74 Å². The molecule has 0 heterocycles. The molecule has 0 spiro atoms. The summed E-state index contributed by atoms with van der Waals surface area (Å²) in [5, 5.41) is 9.39. The molecule has 0 atom stereocenters. The van der Waals surface area contributed by atoms with E-state index in [1.165, 1.54) is 0 Å². The molecule has 0 radical (unpaired) electrons. The minimum atomic E-state index is -0.875. The molecule has 0 aliphatic rings. The minimum Gasteiger partial charge on any atom is -0.493 e. The van der Waals surface area contributed by atoms with E-state index in [1.807, 2.05) is 26.0 Å². The maximum Gasteiger partial charge on any atom is 0.335 e. The Morgan fingerprint density at radius 1 is 1.00 bits per heavy atom. The lowest BCUT2D eigenvalue weighted by Crippen LogP contribution is -2.07. The Bertz CT molecular complexity index is 750. The molecule has 0 aromatic heterocycles. The van der Waals surface area contributed by atoms with Gasteiger partial charge in [-0.15, -0.1) is 0 Å². The highest BCUT2D eigenvalue weighted by molar-refractivity contribution is 5.90. The maximum absolute atomic E-state index is 11.4. The summed E-state index contributed by atoms with van der Waals surface area (Å²) in [4.78, 5) is 11.4. The van der Waals surface area contributed by atoms with Crippen LogP contribution in [0.4, 0.5) is 0 Å². The molecule has 0 aliphatic carbocycles. The van der Waals surface area contributed by atoms with Crippen LogP contribution in [0.2, 0.25) is 0 Å². The first-order chi connectivity index (χ1) is 11.7. The number of aromatic carboxylic acids is 1. The first kappa shape index (κ1) is 19.0. The summed E-state index contributed by atoms with van der Waals surface area (Å²) in [7, 11) is 0. The fourth-order valence-electron chi connectivity index (χ4n) is 3.01. The van der Waals surface area contributed by atoms with Crippen LogP contribution in [0, 0.1) is 19.8 Å². The van der Waals surface area contributed by atoms with Gasteiger partial charge in [-0.05, 0) is 71.7 Å². The van der Waals surface area contributed by atoms with Crippen LogP contribution in [-0.4, -0.2) is 17.7 Å². The molecule has 0 fully saturated rings. The quantitative estimate of drug-likeness (QED) is 0.720. The van der Waals surface area contributed by atoms with Crippen LogP contribution >= 0.6 is 0 Å². The second-order valence-corrected chi connectivity index (χ2v) is 7.41. The predicted molar refractivity (Wildman–Crippen MR) is 103 cm³/mol. The third-order valence-corrected chi connectivity index (χ3v) is 4.26. The molecular weight excluding hydrogens is 312 g/mol. The summed E-state index contributed by atoms with van der Waals surface area (Å²) in [5.74, 6) is 0.710. The van der Waals surface area contributed by atoms with Crippen molar-refractivity contribution in [1.29, 1.82) is 0 Å². The Labute approximate surface area is 150 Å². The molecule has 25 heavy (non-hydrogen) atoms. The van der Waals surface area contributed by atoms with E-state index < -0.39 is 5.97 Å². The first-order valence-corrected chi connectivity index (χ1v) is 8.82. The minimum absolute atomic E-state index is 0.155. The number of carboxylic acids is 1. The third-order valence-electron chi connectivity index (χ3n) is 4.26. The van der Waals surface area contributed by atoms with Crippen molar-refractivity contribution in [2.24, 2.45) is 5.92 Å². The highest BCUT2D eigenvalue weighted by Crippen LogP contribution is 2.32. The van der Waals surface area contributed by atoms with Crippen molar-refractivity contribution in [2.45, 2.75) is 47.5 Å². The van der Waals surface area contributed by atoms with Gasteiger partial charge in [0.2, 0.25) is 0 Å². The monoisotopic (exact) mass is 340 g/mol. The molecule has 2 rings (SSSR count). The molecular formula is C22H28O3. The van der Waals surface area contributed by atoms with Crippen molar-refractivity contribution in [1.82, 2.24) is 0 Å². The molecule has 3 nitrogen and oxygen atoms in total. The smallest absolute Gasteiger partial charge is 0.335 e. The van der Waals surface area contributed by atoms with Gasteiger partial charge in [0, 0.05) is 0 Å². The number of benzene rings is 2. The predicted octanol–water partition coefficient (Wildman–Crippen LogP) is 5.83. The first-order valence-electron chi connectivity index (χ1n) is 8.82. The zero-order valence-electron chi connectivity index (χ0n) is 16.0. The number of rotatable bonds is 6. The molecule has 3 heteroatoms. The van der Waals surface area contributed by atoms with E-state index >= 15 is 0 Å². The molecule has 2 aromatic rings. The summed E-state index contributed by atoms with van der Waals surface area (Å²) in [5.41, 5.74) is 5.57. The van der Waals surface area contributed by atoms with E-state index in [0.717, 1.165) is 33.6 Å². The molecule has 0 bridgehead atoms. The van der Waals surface area contributed by atoms with Gasteiger partial charge in [-0.1, -0.05) is 39.8 Å². The molecule has 1 N–H and O–H groups in total. The van der Waals surface area contributed by atoms with Crippen molar-refractivity contribution in [3.63, 3.8) is 0 Å². The van der Waals surface area contributed by atoms with E-state index in [1.54, 1.807) is 6.07 Å². The number of aryl methyl sites for hydroxylation is 2. The van der Waals surface area contributed by atoms with Gasteiger partial charge in [0.25, 0.3) is 0 Å². The Hall–Kier alpha value is -2.29. The molecule has 0 unspecified atom stereocenters. The number of hydrogen-bond acceptors (Lipinski definition) is 2. The van der Waals surface area contributed by atoms with Crippen LogP contribution in [0.3, 0.4) is 0 Å². The fourth-order valence-corrected chi connectivity index (χ4v) is 3.01. The van der Waals surface area contributed by atoms with Crippen LogP contribution in [0.15, 0.2) is 30.3 Å². The number of ether oxygens (including phenoxy) is 1. The van der Waals surface area contributed by atoms with Gasteiger partial charge >= 0.3 is 5.97 Å². The lowest BCUT2D eigenvalue weighted by molar-refractivity contribution is 0.0695. The highest BCUT2D eigenvalue weighted by atomic mass is 16.5. The number of carboxylic acid groups (broad SMARTS) is 1. The van der Waals surface area contributed by atoms with E-state index in [-0.39, 0.29) is 5.92 Å². The average molecular weight is 340 g/mol. The Kier molecular flexibility index (Phi) is 5.89. The maximum atomic E-state index is 11.4. The zero-order chi connectivity index (χ0) is 18.7. The lowest BCUT2D eigenvalue weighted by Gasteiger charge is -2.17. The van der Waals surface area contributed by atoms with E-state index in [2.05, 4.69) is 39.8 Å². The Morgan fingerprint density at radius 3 is 2.08 bits per heavy atom. The van der Waals surface area contributed by atoms with Gasteiger partial charge in [0.05, 0.1) is 12.2 Å². The lowest BCUT2D eigenvalue weighted by atomic mass is 9.91. The van der Waals surface area contributed by atoms with Crippen LogP contribution < -0.4 is 4.74 Å². The van der Waals surface area contributed by atoms with Gasteiger partial charge in [0.15, 0.2) is 0 Å². The van der Waals surface area contributed by atoms with Crippen LogP contribution in [0.1, 0.15) is 60.7 Å². The van der Waals surface area contributed by atoms with Crippen molar-refractivity contribution in [3.8, 4) is 16.9 Å². The molecule has 0 saturated carbocycles. The van der Waals surface area contributed by atoms with Gasteiger partial charge in [-0.3, -0.25) is 0 Å². The van der Waals surface area contributed by atoms with Gasteiger partial charge in [-0.25, -0.2) is 4.79 Å². The molecule has 0 aliphatic heterocycles. The summed E-state index contributed by atoms with van der Waals surface area (Å²) < 4.78 is 5.95. The summed E-state index contributed by atoms with van der Waals surface area (Å²) in [6.07, 6.45) is 0. The topological polar surface area (TPSA) is 46.5 Å². The van der Waals surface area contributed by atoms with Crippen LogP contribution in [-0.2, 0) is 0 Å². The summed E-state index contributed by atoms with van der Waals surface area (Å²) in [6, 6.07) is 9.82. The molecule has 134 valence electrons. The normalized spacial score (nSPS) is 11.2. The Balaban J connectivity index is 2.45. The molecule has 0 amide bonds. The summed E-state index contributed by atoms with van der Waals surface area (Å²) >= 11 is 0. The van der Waals surface area contributed by atoms with Gasteiger partial charge in [-0.2, -0.15) is 0 Å². The third kappa shape index (κ3) is 4.41. The van der Waals surface area contributed by atoms with Crippen LogP contribution in [0.25, 0.3) is 11.1 Å². The standard InChI is InChI=1S/C22H28O3/c1-13(2)12-25-21-15(5)9-18(10-16(21)6)17-7-8-19(22(23)24)20(11-17)14(3)4/h7-11,13-14H,12H2,1-6H3,(H,23,24). The van der Waals surface area contributed by atoms with Crippen molar-refractivity contribution in [2.75, 3.05) is 6.61 Å². The number of carbonyl (C=O) groups is 1. The second-order valence-electron chi connectivity index (χ2n) is 7.41. The van der Waals surface area contributed by atoms with Crippen molar-refractivity contribution < 1.29 is 14.6 Å². The molecule has 0 saturated heterocycles. The van der Waals surface area contributed by atoms with Gasteiger partial charge < -0.3 is 9.84 Å². The van der Waals surface area contributed by atoms with E-state index in [0.29, 0.717) is 18.1 Å². The zero-order valence-corrected chi connectivity index (χ0v) is 16.0. The average Bonchev–Trinajstić information content (AvgIpc) is 2.52. The largest absolute Gasteiger partial charge is 0.493 e. The van der Waals surface area contributed by atoms with E-state index in [9.17, 15) is 9.90 Å². The SMILES string of the molecule is Cc1cc(-c2ccc(C(=O)O)c(C(C)C)c2)cc(C)c1OCC(C)C. The van der Waals surface area contributed by atoms with Gasteiger partial charge in [0.1, 0.15) is 5.75 Å². The summed E-state index contributed by atoms with van der Waals surface area (Å²) in [6.45, 7) is 13.1.